The maximum absolute atomic E-state index is 12.4. The van der Waals surface area contributed by atoms with Crippen LogP contribution in [0.3, 0.4) is 0 Å². The monoisotopic (exact) mass is 348 g/mol. The molecular weight excluding hydrogens is 332 g/mol. The molecule has 8 nitrogen and oxygen atoms in total. The van der Waals surface area contributed by atoms with Crippen LogP contribution in [0.15, 0.2) is 41.6 Å². The first kappa shape index (κ1) is 16.2. The lowest BCUT2D eigenvalue weighted by atomic mass is 10.3. The summed E-state index contributed by atoms with van der Waals surface area (Å²) >= 11 is 0. The molecule has 0 spiro atoms. The molecule has 1 saturated carbocycles. The van der Waals surface area contributed by atoms with Crippen molar-refractivity contribution in [3.8, 4) is 5.88 Å². The van der Waals surface area contributed by atoms with Crippen molar-refractivity contribution in [2.45, 2.75) is 17.7 Å². The lowest BCUT2D eigenvalue weighted by Crippen LogP contribution is -2.16. The Hall–Kier alpha value is -2.68. The van der Waals surface area contributed by atoms with Gasteiger partial charge in [0.2, 0.25) is 11.7 Å². The zero-order chi connectivity index (χ0) is 17.2. The number of ether oxygens (including phenoxy) is 1. The Morgan fingerprint density at radius 1 is 1.17 bits per heavy atom. The third-order valence-electron chi connectivity index (χ3n) is 3.47. The van der Waals surface area contributed by atoms with Crippen LogP contribution in [0.1, 0.15) is 12.8 Å². The zero-order valence-corrected chi connectivity index (χ0v) is 13.7. The highest BCUT2D eigenvalue weighted by atomic mass is 32.2. The molecule has 1 aromatic carbocycles. The standard InChI is InChI=1S/C15H16N4O4S/c1-23-15-13(16-8-9-17-15)19-24(21,22)12-6-4-11(5-7-12)18-14(20)10-2-3-10/h4-10H,2-3H2,1H3,(H,16,19)(H,18,20). The van der Waals surface area contributed by atoms with Gasteiger partial charge in [0, 0.05) is 24.0 Å². The van der Waals surface area contributed by atoms with Crippen molar-refractivity contribution in [2.24, 2.45) is 5.92 Å². The minimum absolute atomic E-state index is 0.00566. The van der Waals surface area contributed by atoms with E-state index < -0.39 is 10.0 Å². The van der Waals surface area contributed by atoms with Gasteiger partial charge in [-0.25, -0.2) is 18.4 Å². The second-order valence-corrected chi connectivity index (χ2v) is 6.99. The van der Waals surface area contributed by atoms with E-state index in [1.165, 1.54) is 31.6 Å². The number of carbonyl (C=O) groups excluding carboxylic acids is 1. The molecule has 1 aromatic heterocycles. The lowest BCUT2D eigenvalue weighted by molar-refractivity contribution is -0.117. The number of methoxy groups -OCH3 is 1. The molecule has 126 valence electrons. The Kier molecular flexibility index (Phi) is 4.34. The number of aromatic nitrogens is 2. The van der Waals surface area contributed by atoms with Gasteiger partial charge in [-0.05, 0) is 37.1 Å². The van der Waals surface area contributed by atoms with Crippen LogP contribution < -0.4 is 14.8 Å². The molecule has 1 fully saturated rings. The average molecular weight is 348 g/mol. The van der Waals surface area contributed by atoms with E-state index >= 15 is 0 Å². The Labute approximate surface area is 139 Å². The number of rotatable bonds is 6. The van der Waals surface area contributed by atoms with E-state index in [0.29, 0.717) is 5.69 Å². The van der Waals surface area contributed by atoms with Gasteiger partial charge >= 0.3 is 0 Å². The number of hydrogen-bond donors (Lipinski definition) is 2. The fourth-order valence-electron chi connectivity index (χ4n) is 2.04. The van der Waals surface area contributed by atoms with Crippen LogP contribution in [0.5, 0.6) is 5.88 Å². The van der Waals surface area contributed by atoms with Crippen LogP contribution in [0.2, 0.25) is 0 Å². The largest absolute Gasteiger partial charge is 0.478 e. The maximum Gasteiger partial charge on any atom is 0.263 e. The number of carbonyl (C=O) groups is 1. The quantitative estimate of drug-likeness (QED) is 0.821. The second kappa shape index (κ2) is 6.44. The first-order valence-corrected chi connectivity index (χ1v) is 8.76. The van der Waals surface area contributed by atoms with Gasteiger partial charge in [0.15, 0.2) is 0 Å². The van der Waals surface area contributed by atoms with Crippen molar-refractivity contribution in [1.82, 2.24) is 9.97 Å². The van der Waals surface area contributed by atoms with Crippen molar-refractivity contribution < 1.29 is 17.9 Å². The van der Waals surface area contributed by atoms with Gasteiger partial charge in [0.1, 0.15) is 0 Å². The van der Waals surface area contributed by atoms with E-state index in [1.54, 1.807) is 12.1 Å². The van der Waals surface area contributed by atoms with E-state index in [9.17, 15) is 13.2 Å². The fraction of sp³-hybridized carbons (Fsp3) is 0.267. The third-order valence-corrected chi connectivity index (χ3v) is 4.82. The highest BCUT2D eigenvalue weighted by Crippen LogP contribution is 2.30. The highest BCUT2D eigenvalue weighted by molar-refractivity contribution is 7.92. The summed E-state index contributed by atoms with van der Waals surface area (Å²) in [5.41, 5.74) is 0.558. The second-order valence-electron chi connectivity index (χ2n) is 5.31. The molecular formula is C15H16N4O4S. The molecule has 3 rings (SSSR count). The van der Waals surface area contributed by atoms with Crippen LogP contribution in [0.4, 0.5) is 11.5 Å². The Bertz CT molecular complexity index is 848. The molecule has 1 amide bonds. The van der Waals surface area contributed by atoms with Gasteiger partial charge in [0.05, 0.1) is 12.0 Å². The predicted molar refractivity (Wildman–Crippen MR) is 87.2 cm³/mol. The van der Waals surface area contributed by atoms with Crippen molar-refractivity contribution >= 4 is 27.4 Å². The summed E-state index contributed by atoms with van der Waals surface area (Å²) in [5, 5.41) is 2.75. The zero-order valence-electron chi connectivity index (χ0n) is 12.9. The molecule has 0 radical (unpaired) electrons. The molecule has 1 aliphatic carbocycles. The number of amides is 1. The average Bonchev–Trinajstić information content (AvgIpc) is 3.40. The number of benzene rings is 1. The molecule has 0 atom stereocenters. The summed E-state index contributed by atoms with van der Waals surface area (Å²) in [4.78, 5) is 19.5. The summed E-state index contributed by atoms with van der Waals surface area (Å²) in [7, 11) is -2.47. The van der Waals surface area contributed by atoms with Gasteiger partial charge < -0.3 is 10.1 Å². The molecule has 1 heterocycles. The van der Waals surface area contributed by atoms with Crippen LogP contribution in [0.25, 0.3) is 0 Å². The molecule has 2 N–H and O–H groups in total. The van der Waals surface area contributed by atoms with Crippen LogP contribution in [0, 0.1) is 5.92 Å². The molecule has 9 heteroatoms. The van der Waals surface area contributed by atoms with Gasteiger partial charge in [-0.2, -0.15) is 0 Å². The topological polar surface area (TPSA) is 110 Å². The molecule has 2 aromatic rings. The maximum atomic E-state index is 12.4. The van der Waals surface area contributed by atoms with E-state index in [-0.39, 0.29) is 28.4 Å². The smallest absolute Gasteiger partial charge is 0.263 e. The van der Waals surface area contributed by atoms with E-state index in [4.69, 9.17) is 4.74 Å². The summed E-state index contributed by atoms with van der Waals surface area (Å²) in [5.74, 6) is 0.132. The van der Waals surface area contributed by atoms with Gasteiger partial charge in [-0.15, -0.1) is 0 Å². The number of hydrogen-bond acceptors (Lipinski definition) is 6. The van der Waals surface area contributed by atoms with Crippen LogP contribution in [-0.2, 0) is 14.8 Å². The minimum atomic E-state index is -3.84. The summed E-state index contributed by atoms with van der Waals surface area (Å²) in [6.07, 6.45) is 4.56. The number of sulfonamides is 1. The molecule has 1 aliphatic rings. The molecule has 0 saturated heterocycles. The predicted octanol–water partition coefficient (Wildman–Crippen LogP) is 1.63. The molecule has 0 aliphatic heterocycles. The van der Waals surface area contributed by atoms with Crippen molar-refractivity contribution in [2.75, 3.05) is 17.1 Å². The Morgan fingerprint density at radius 2 is 1.83 bits per heavy atom. The van der Waals surface area contributed by atoms with Crippen LogP contribution in [-0.4, -0.2) is 31.4 Å². The van der Waals surface area contributed by atoms with E-state index in [0.717, 1.165) is 12.8 Å². The Morgan fingerprint density at radius 3 is 2.46 bits per heavy atom. The van der Waals surface area contributed by atoms with Gasteiger partial charge in [-0.3, -0.25) is 9.52 Å². The first-order chi connectivity index (χ1) is 11.5. The normalized spacial score (nSPS) is 14.0. The summed E-state index contributed by atoms with van der Waals surface area (Å²) < 4.78 is 32.1. The van der Waals surface area contributed by atoms with E-state index in [2.05, 4.69) is 20.0 Å². The van der Waals surface area contributed by atoms with Crippen molar-refractivity contribution in [1.29, 1.82) is 0 Å². The molecule has 0 unspecified atom stereocenters. The van der Waals surface area contributed by atoms with Crippen LogP contribution >= 0.6 is 0 Å². The minimum Gasteiger partial charge on any atom is -0.478 e. The summed E-state index contributed by atoms with van der Waals surface area (Å²) in [6.45, 7) is 0. The SMILES string of the molecule is COc1nccnc1NS(=O)(=O)c1ccc(NC(=O)C2CC2)cc1. The number of anilines is 2. The van der Waals surface area contributed by atoms with Gasteiger partial charge in [0.25, 0.3) is 15.9 Å². The fourth-order valence-corrected chi connectivity index (χ4v) is 3.04. The van der Waals surface area contributed by atoms with E-state index in [1.807, 2.05) is 0 Å². The van der Waals surface area contributed by atoms with Gasteiger partial charge in [-0.1, -0.05) is 0 Å². The highest BCUT2D eigenvalue weighted by Gasteiger charge is 2.29. The molecule has 24 heavy (non-hydrogen) atoms. The lowest BCUT2D eigenvalue weighted by Gasteiger charge is -2.10. The number of nitrogens with zero attached hydrogens (tertiary/aromatic N) is 2. The van der Waals surface area contributed by atoms with Crippen molar-refractivity contribution in [3.63, 3.8) is 0 Å². The Balaban J connectivity index is 1.75. The molecule has 0 bridgehead atoms. The first-order valence-electron chi connectivity index (χ1n) is 7.28. The number of nitrogens with one attached hydrogen (secondary N) is 2. The third kappa shape index (κ3) is 3.62. The van der Waals surface area contributed by atoms with Crippen molar-refractivity contribution in [3.05, 3.63) is 36.7 Å². The summed E-state index contributed by atoms with van der Waals surface area (Å²) in [6, 6.07) is 5.91.